The highest BCUT2D eigenvalue weighted by Gasteiger charge is 2.32. The first kappa shape index (κ1) is 26.4. The fourth-order valence-corrected chi connectivity index (χ4v) is 4.77. The summed E-state index contributed by atoms with van der Waals surface area (Å²) in [6.45, 7) is 2.28. The van der Waals surface area contributed by atoms with E-state index in [4.69, 9.17) is 28.2 Å². The van der Waals surface area contributed by atoms with Gasteiger partial charge >= 0.3 is 0 Å². The second-order valence-corrected chi connectivity index (χ2v) is 9.87. The van der Waals surface area contributed by atoms with Crippen molar-refractivity contribution in [3.8, 4) is 5.69 Å². The normalized spacial score (nSPS) is 14.6. The minimum Gasteiger partial charge on any atom is -0.355 e. The van der Waals surface area contributed by atoms with Crippen molar-refractivity contribution in [3.05, 3.63) is 97.1 Å². The Kier molecular flexibility index (Phi) is 7.36. The van der Waals surface area contributed by atoms with Crippen LogP contribution in [0.25, 0.3) is 5.69 Å². The fraction of sp³-hybridized carbons (Fsp3) is 0.231. The monoisotopic (exact) mass is 566 g/mol. The first-order chi connectivity index (χ1) is 18.8. The van der Waals surface area contributed by atoms with Crippen LogP contribution in [0.1, 0.15) is 44.6 Å². The highest BCUT2D eigenvalue weighted by molar-refractivity contribution is 6.42. The van der Waals surface area contributed by atoms with Crippen molar-refractivity contribution in [2.75, 3.05) is 12.4 Å². The average molecular weight is 567 g/mol. The zero-order valence-electron chi connectivity index (χ0n) is 21.0. The number of carbonyl (C=O) groups excluding carboxylic acids is 2. The van der Waals surface area contributed by atoms with Gasteiger partial charge in [0.05, 0.1) is 40.7 Å². The predicted octanol–water partition coefficient (Wildman–Crippen LogP) is 3.22. The van der Waals surface area contributed by atoms with E-state index in [9.17, 15) is 14.4 Å². The number of nitrogens with zero attached hydrogens (tertiary/aromatic N) is 5. The molecule has 13 heteroatoms. The highest BCUT2D eigenvalue weighted by Crippen LogP contribution is 2.27. The summed E-state index contributed by atoms with van der Waals surface area (Å²) in [6, 6.07) is 11.1. The molecule has 1 aliphatic heterocycles. The maximum atomic E-state index is 13.9. The number of aromatic amines is 1. The van der Waals surface area contributed by atoms with E-state index in [1.54, 1.807) is 54.5 Å². The van der Waals surface area contributed by atoms with Gasteiger partial charge in [-0.25, -0.2) is 9.55 Å². The molecule has 0 bridgehead atoms. The molecule has 1 aliphatic rings. The van der Waals surface area contributed by atoms with E-state index in [0.717, 1.165) is 0 Å². The zero-order chi connectivity index (χ0) is 27.7. The van der Waals surface area contributed by atoms with Crippen LogP contribution in [0.5, 0.6) is 0 Å². The van der Waals surface area contributed by atoms with Gasteiger partial charge in [0, 0.05) is 29.8 Å². The van der Waals surface area contributed by atoms with Crippen LogP contribution in [0.3, 0.4) is 0 Å². The van der Waals surface area contributed by atoms with Gasteiger partial charge in [-0.05, 0) is 55.8 Å². The van der Waals surface area contributed by atoms with Crippen LogP contribution >= 0.6 is 23.2 Å². The molecule has 4 aromatic rings. The molecule has 3 heterocycles. The molecule has 2 aromatic heterocycles. The van der Waals surface area contributed by atoms with E-state index in [0.29, 0.717) is 45.2 Å². The van der Waals surface area contributed by atoms with E-state index >= 15 is 0 Å². The molecule has 1 atom stereocenters. The number of amides is 2. The maximum Gasteiger partial charge on any atom is 0.263 e. The summed E-state index contributed by atoms with van der Waals surface area (Å²) in [6.07, 6.45) is 1.87. The lowest BCUT2D eigenvalue weighted by atomic mass is 9.98. The van der Waals surface area contributed by atoms with Gasteiger partial charge in [0.2, 0.25) is 5.95 Å². The number of aromatic nitrogens is 5. The first-order valence-electron chi connectivity index (χ1n) is 12.1. The van der Waals surface area contributed by atoms with Crippen LogP contribution in [0.4, 0.5) is 5.95 Å². The van der Waals surface area contributed by atoms with Crippen LogP contribution in [0.2, 0.25) is 10.0 Å². The van der Waals surface area contributed by atoms with Gasteiger partial charge in [-0.15, -0.1) is 0 Å². The number of H-pyrrole nitrogens is 1. The van der Waals surface area contributed by atoms with Crippen molar-refractivity contribution in [2.45, 2.75) is 32.5 Å². The maximum absolute atomic E-state index is 13.9. The van der Waals surface area contributed by atoms with E-state index in [-0.39, 0.29) is 47.5 Å². The van der Waals surface area contributed by atoms with Gasteiger partial charge in [-0.3, -0.25) is 14.4 Å². The largest absolute Gasteiger partial charge is 0.355 e. The number of carbonyl (C=O) groups is 2. The number of hydrogen-bond donors (Lipinski definition) is 3. The molecule has 0 aliphatic carbocycles. The van der Waals surface area contributed by atoms with Crippen molar-refractivity contribution >= 4 is 41.0 Å². The van der Waals surface area contributed by atoms with Crippen LogP contribution < -0.4 is 16.2 Å². The second kappa shape index (κ2) is 10.9. The zero-order valence-corrected chi connectivity index (χ0v) is 22.5. The first-order valence-corrected chi connectivity index (χ1v) is 12.8. The van der Waals surface area contributed by atoms with Gasteiger partial charge in [-0.2, -0.15) is 15.4 Å². The Hall–Kier alpha value is -4.22. The quantitative estimate of drug-likeness (QED) is 0.325. The van der Waals surface area contributed by atoms with E-state index in [2.05, 4.69) is 26.0 Å². The van der Waals surface area contributed by atoms with E-state index < -0.39 is 0 Å². The molecule has 11 nitrogen and oxygen atoms in total. The van der Waals surface area contributed by atoms with Crippen molar-refractivity contribution in [3.63, 3.8) is 0 Å². The van der Waals surface area contributed by atoms with Crippen LogP contribution in [-0.4, -0.2) is 54.8 Å². The molecule has 0 saturated carbocycles. The molecule has 5 rings (SSSR count). The third-order valence-corrected chi connectivity index (χ3v) is 7.29. The summed E-state index contributed by atoms with van der Waals surface area (Å²) in [5, 5.41) is 16.8. The summed E-state index contributed by atoms with van der Waals surface area (Å²) in [5.74, 6) is -0.201. The minimum absolute atomic E-state index is 0.139. The molecule has 0 fully saturated rings. The highest BCUT2D eigenvalue weighted by atomic mass is 35.5. The van der Waals surface area contributed by atoms with Crippen molar-refractivity contribution < 1.29 is 9.59 Å². The Bertz CT molecular complexity index is 1600. The Labute approximate surface area is 233 Å². The number of rotatable bonds is 6. The topological polar surface area (TPSA) is 138 Å². The van der Waals surface area contributed by atoms with Gasteiger partial charge in [0.15, 0.2) is 0 Å². The molecule has 0 radical (unpaired) electrons. The van der Waals surface area contributed by atoms with Crippen molar-refractivity contribution in [1.29, 1.82) is 0 Å². The number of benzene rings is 2. The van der Waals surface area contributed by atoms with E-state index in [1.807, 2.05) is 6.92 Å². The SMILES string of the molecule is CNC(=O)c1ccc(-n2c(NCc3cn[nH]n3)nc3c(c2=O)C[C@@H](C)N(C(=O)c2ccc(Cl)c(Cl)c2)C3)cc1. The Morgan fingerprint density at radius 3 is 2.51 bits per heavy atom. The molecule has 0 unspecified atom stereocenters. The predicted molar refractivity (Wildman–Crippen MR) is 146 cm³/mol. The summed E-state index contributed by atoms with van der Waals surface area (Å²) >= 11 is 12.2. The molecular weight excluding hydrogens is 543 g/mol. The average Bonchev–Trinajstić information content (AvgIpc) is 3.47. The van der Waals surface area contributed by atoms with Gasteiger partial charge in [0.25, 0.3) is 17.4 Å². The number of fused-ring (bicyclic) bond motifs is 1. The number of anilines is 1. The summed E-state index contributed by atoms with van der Waals surface area (Å²) in [7, 11) is 1.55. The fourth-order valence-electron chi connectivity index (χ4n) is 4.47. The molecule has 3 N–H and O–H groups in total. The second-order valence-electron chi connectivity index (χ2n) is 9.06. The van der Waals surface area contributed by atoms with Gasteiger partial charge in [0.1, 0.15) is 5.69 Å². The molecule has 2 amide bonds. The Morgan fingerprint density at radius 2 is 1.85 bits per heavy atom. The minimum atomic E-state index is -0.271. The lowest BCUT2D eigenvalue weighted by Gasteiger charge is -2.34. The molecule has 39 heavy (non-hydrogen) atoms. The van der Waals surface area contributed by atoms with Crippen LogP contribution in [-0.2, 0) is 19.5 Å². The number of hydrogen-bond acceptors (Lipinski definition) is 7. The summed E-state index contributed by atoms with van der Waals surface area (Å²) in [5.41, 5.74) is 2.76. The lowest BCUT2D eigenvalue weighted by molar-refractivity contribution is 0.0653. The third-order valence-electron chi connectivity index (χ3n) is 6.55. The number of nitrogens with one attached hydrogen (secondary N) is 3. The summed E-state index contributed by atoms with van der Waals surface area (Å²) in [4.78, 5) is 45.7. The molecule has 2 aromatic carbocycles. The standard InChI is InChI=1S/C26H24Cl2N8O3/c1-14-9-19-22(13-35(14)24(38)16-5-8-20(27)21(28)10-16)32-26(30-11-17-12-31-34-33-17)36(25(19)39)18-6-3-15(4-7-18)23(37)29-2/h3-8,10,12,14H,9,11,13H2,1-2H3,(H,29,37)(H,30,32)(H,31,33,34)/t14-/m1/s1. The van der Waals surface area contributed by atoms with Gasteiger partial charge < -0.3 is 15.5 Å². The number of halogens is 2. The summed E-state index contributed by atoms with van der Waals surface area (Å²) < 4.78 is 1.47. The molecule has 0 spiro atoms. The smallest absolute Gasteiger partial charge is 0.263 e. The van der Waals surface area contributed by atoms with Gasteiger partial charge in [-0.1, -0.05) is 23.2 Å². The molecule has 200 valence electrons. The molecule has 0 saturated heterocycles. The molecular formula is C26H24Cl2N8O3. The Morgan fingerprint density at radius 1 is 1.10 bits per heavy atom. The van der Waals surface area contributed by atoms with Crippen molar-refractivity contribution in [1.82, 2.24) is 35.2 Å². The lowest BCUT2D eigenvalue weighted by Crippen LogP contribution is -2.46. The van der Waals surface area contributed by atoms with Crippen LogP contribution in [0.15, 0.2) is 53.5 Å². The van der Waals surface area contributed by atoms with Crippen LogP contribution in [0, 0.1) is 0 Å². The van der Waals surface area contributed by atoms with Crippen molar-refractivity contribution in [2.24, 2.45) is 0 Å². The third kappa shape index (κ3) is 5.23. The van der Waals surface area contributed by atoms with E-state index in [1.165, 1.54) is 10.6 Å². The Balaban J connectivity index is 1.54.